The predicted molar refractivity (Wildman–Crippen MR) is 77.0 cm³/mol. The van der Waals surface area contributed by atoms with Gasteiger partial charge in [0.25, 0.3) is 0 Å². The van der Waals surface area contributed by atoms with Gasteiger partial charge in [-0.05, 0) is 47.0 Å². The Labute approximate surface area is 116 Å². The van der Waals surface area contributed by atoms with E-state index >= 15 is 0 Å². The monoisotopic (exact) mass is 314 g/mol. The molecule has 2 N–H and O–H groups in total. The summed E-state index contributed by atoms with van der Waals surface area (Å²) in [4.78, 5) is 11.5. The summed E-state index contributed by atoms with van der Waals surface area (Å²) in [6.07, 6.45) is 0. The van der Waals surface area contributed by atoms with Crippen LogP contribution >= 0.6 is 15.9 Å². The summed E-state index contributed by atoms with van der Waals surface area (Å²) in [5.74, 6) is -0.0427. The van der Waals surface area contributed by atoms with Crippen molar-refractivity contribution in [3.8, 4) is 0 Å². The van der Waals surface area contributed by atoms with Crippen LogP contribution in [-0.2, 0) is 9.53 Å². The van der Waals surface area contributed by atoms with Gasteiger partial charge in [0.1, 0.15) is 0 Å². The van der Waals surface area contributed by atoms with Gasteiger partial charge < -0.3 is 15.4 Å². The highest BCUT2D eigenvalue weighted by atomic mass is 79.9. The first-order chi connectivity index (χ1) is 8.54. The topological polar surface area (TPSA) is 50.4 Å². The van der Waals surface area contributed by atoms with Crippen molar-refractivity contribution < 1.29 is 9.53 Å². The van der Waals surface area contributed by atoms with E-state index in [1.54, 1.807) is 7.11 Å². The number of benzene rings is 1. The number of anilines is 1. The molecule has 0 heterocycles. The van der Waals surface area contributed by atoms with Crippen LogP contribution < -0.4 is 10.6 Å². The van der Waals surface area contributed by atoms with Crippen LogP contribution in [0.4, 0.5) is 5.69 Å². The standard InChI is InChI=1S/C13H19BrN2O2/c1-9-6-10(2)13(11(14)7-9)16-8-12(17)15-4-5-18-3/h6-7,16H,4-5,8H2,1-3H3,(H,15,17). The third kappa shape index (κ3) is 4.66. The van der Waals surface area contributed by atoms with Crippen molar-refractivity contribution in [3.63, 3.8) is 0 Å². The molecule has 0 aromatic heterocycles. The number of ether oxygens (including phenoxy) is 1. The summed E-state index contributed by atoms with van der Waals surface area (Å²) in [6, 6.07) is 4.11. The van der Waals surface area contributed by atoms with E-state index in [0.29, 0.717) is 13.2 Å². The Kier molecular flexibility index (Phi) is 6.15. The van der Waals surface area contributed by atoms with Crippen LogP contribution in [0.3, 0.4) is 0 Å². The highest BCUT2D eigenvalue weighted by molar-refractivity contribution is 9.10. The van der Waals surface area contributed by atoms with Gasteiger partial charge in [-0.15, -0.1) is 0 Å². The first kappa shape index (κ1) is 15.0. The van der Waals surface area contributed by atoms with Gasteiger partial charge in [0.05, 0.1) is 18.8 Å². The van der Waals surface area contributed by atoms with Gasteiger partial charge in [-0.2, -0.15) is 0 Å². The van der Waals surface area contributed by atoms with Gasteiger partial charge in [0.15, 0.2) is 0 Å². The summed E-state index contributed by atoms with van der Waals surface area (Å²) in [7, 11) is 1.61. The van der Waals surface area contributed by atoms with Gasteiger partial charge in [-0.1, -0.05) is 6.07 Å². The van der Waals surface area contributed by atoms with Crippen molar-refractivity contribution in [2.45, 2.75) is 13.8 Å². The van der Waals surface area contributed by atoms with Crippen LogP contribution in [0.15, 0.2) is 16.6 Å². The zero-order chi connectivity index (χ0) is 13.5. The normalized spacial score (nSPS) is 10.2. The van der Waals surface area contributed by atoms with Crippen LogP contribution in [0, 0.1) is 13.8 Å². The fourth-order valence-electron chi connectivity index (χ4n) is 1.66. The Bertz CT molecular complexity index is 398. The lowest BCUT2D eigenvalue weighted by atomic mass is 10.1. The fraction of sp³-hybridized carbons (Fsp3) is 0.462. The second-order valence-electron chi connectivity index (χ2n) is 4.13. The molecule has 0 atom stereocenters. The zero-order valence-electron chi connectivity index (χ0n) is 11.0. The van der Waals surface area contributed by atoms with E-state index in [1.807, 2.05) is 19.9 Å². The highest BCUT2D eigenvalue weighted by Crippen LogP contribution is 2.27. The number of carbonyl (C=O) groups is 1. The molecule has 0 radical (unpaired) electrons. The molecule has 0 saturated heterocycles. The van der Waals surface area contributed by atoms with Crippen LogP contribution in [0.25, 0.3) is 0 Å². The molecule has 5 heteroatoms. The summed E-state index contributed by atoms with van der Waals surface area (Å²) in [5.41, 5.74) is 3.27. The van der Waals surface area contributed by atoms with Crippen LogP contribution in [-0.4, -0.2) is 32.7 Å². The van der Waals surface area contributed by atoms with E-state index in [-0.39, 0.29) is 12.5 Å². The summed E-state index contributed by atoms with van der Waals surface area (Å²) >= 11 is 3.50. The van der Waals surface area contributed by atoms with Crippen LogP contribution in [0.5, 0.6) is 0 Å². The first-order valence-electron chi connectivity index (χ1n) is 5.81. The quantitative estimate of drug-likeness (QED) is 0.792. The number of hydrogen-bond acceptors (Lipinski definition) is 3. The molecule has 0 aliphatic heterocycles. The molecule has 0 aliphatic carbocycles. The molecule has 1 aromatic rings. The molecule has 0 saturated carbocycles. The van der Waals surface area contributed by atoms with Crippen molar-refractivity contribution in [1.82, 2.24) is 5.32 Å². The molecular weight excluding hydrogens is 296 g/mol. The van der Waals surface area contributed by atoms with E-state index in [2.05, 4.69) is 32.6 Å². The lowest BCUT2D eigenvalue weighted by Gasteiger charge is -2.12. The molecule has 1 rings (SSSR count). The van der Waals surface area contributed by atoms with Gasteiger partial charge in [0.2, 0.25) is 5.91 Å². The fourth-order valence-corrected chi connectivity index (χ4v) is 2.48. The number of methoxy groups -OCH3 is 1. The number of aryl methyl sites for hydroxylation is 2. The van der Waals surface area contributed by atoms with Gasteiger partial charge in [-0.3, -0.25) is 4.79 Å². The van der Waals surface area contributed by atoms with Gasteiger partial charge >= 0.3 is 0 Å². The number of rotatable bonds is 6. The lowest BCUT2D eigenvalue weighted by Crippen LogP contribution is -2.32. The molecule has 0 spiro atoms. The van der Waals surface area contributed by atoms with Gasteiger partial charge in [0, 0.05) is 18.1 Å². The van der Waals surface area contributed by atoms with Gasteiger partial charge in [-0.25, -0.2) is 0 Å². The lowest BCUT2D eigenvalue weighted by molar-refractivity contribution is -0.119. The van der Waals surface area contributed by atoms with Crippen LogP contribution in [0.2, 0.25) is 0 Å². The smallest absolute Gasteiger partial charge is 0.239 e. The average Bonchev–Trinajstić information content (AvgIpc) is 2.27. The second-order valence-corrected chi connectivity index (χ2v) is 4.99. The maximum absolute atomic E-state index is 11.5. The Hall–Kier alpha value is -1.07. The number of amides is 1. The maximum Gasteiger partial charge on any atom is 0.239 e. The number of hydrogen-bond donors (Lipinski definition) is 2. The molecule has 0 fully saturated rings. The van der Waals surface area contributed by atoms with E-state index in [4.69, 9.17) is 4.74 Å². The Balaban J connectivity index is 2.51. The predicted octanol–water partition coefficient (Wildman–Crippen LogP) is 2.24. The molecule has 18 heavy (non-hydrogen) atoms. The maximum atomic E-state index is 11.5. The van der Waals surface area contributed by atoms with Crippen molar-refractivity contribution in [3.05, 3.63) is 27.7 Å². The van der Waals surface area contributed by atoms with Crippen LogP contribution in [0.1, 0.15) is 11.1 Å². The number of halogens is 1. The van der Waals surface area contributed by atoms with E-state index in [9.17, 15) is 4.79 Å². The van der Waals surface area contributed by atoms with E-state index < -0.39 is 0 Å². The number of nitrogens with one attached hydrogen (secondary N) is 2. The number of carbonyl (C=O) groups excluding carboxylic acids is 1. The third-order valence-electron chi connectivity index (χ3n) is 2.49. The molecular formula is C13H19BrN2O2. The summed E-state index contributed by atoms with van der Waals surface area (Å²) < 4.78 is 5.84. The minimum Gasteiger partial charge on any atom is -0.383 e. The van der Waals surface area contributed by atoms with Crippen molar-refractivity contribution >= 4 is 27.5 Å². The second kappa shape index (κ2) is 7.38. The molecule has 1 aromatic carbocycles. The SMILES string of the molecule is COCCNC(=O)CNc1c(C)cc(C)cc1Br. The van der Waals surface area contributed by atoms with Crippen molar-refractivity contribution in [2.75, 3.05) is 32.1 Å². The Morgan fingerprint density at radius 1 is 1.39 bits per heavy atom. The average molecular weight is 315 g/mol. The zero-order valence-corrected chi connectivity index (χ0v) is 12.6. The highest BCUT2D eigenvalue weighted by Gasteiger charge is 2.06. The van der Waals surface area contributed by atoms with Crippen molar-refractivity contribution in [2.24, 2.45) is 0 Å². The minimum absolute atomic E-state index is 0.0427. The molecule has 0 aliphatic rings. The summed E-state index contributed by atoms with van der Waals surface area (Å²) in [5, 5.41) is 5.90. The molecule has 0 unspecified atom stereocenters. The molecule has 1 amide bonds. The summed E-state index contributed by atoms with van der Waals surface area (Å²) in [6.45, 7) is 5.37. The molecule has 0 bridgehead atoms. The molecule has 100 valence electrons. The first-order valence-corrected chi connectivity index (χ1v) is 6.60. The van der Waals surface area contributed by atoms with E-state index in [0.717, 1.165) is 15.7 Å². The Morgan fingerprint density at radius 2 is 2.11 bits per heavy atom. The minimum atomic E-state index is -0.0427. The van der Waals surface area contributed by atoms with Crippen molar-refractivity contribution in [1.29, 1.82) is 0 Å². The Morgan fingerprint density at radius 3 is 2.72 bits per heavy atom. The third-order valence-corrected chi connectivity index (χ3v) is 3.11. The largest absolute Gasteiger partial charge is 0.383 e. The molecule has 4 nitrogen and oxygen atoms in total. The van der Waals surface area contributed by atoms with E-state index in [1.165, 1.54) is 5.56 Å².